The lowest BCUT2D eigenvalue weighted by Gasteiger charge is -2.22. The fourth-order valence-corrected chi connectivity index (χ4v) is 5.70. The van der Waals surface area contributed by atoms with E-state index in [2.05, 4.69) is 80.8 Å². The number of carbonyl (C=O) groups excluding carboxylic acids is 1. The first-order valence-electron chi connectivity index (χ1n) is 16.8. The maximum atomic E-state index is 14.3. The third kappa shape index (κ3) is 8.60. The molecule has 2 heterocycles. The molecule has 0 aliphatic rings. The number of nitrogens with zero attached hydrogens (tertiary/aromatic N) is 3. The molecule has 0 saturated carbocycles. The highest BCUT2D eigenvalue weighted by atomic mass is 16.5. The summed E-state index contributed by atoms with van der Waals surface area (Å²) in [5.74, 6) is 7.29. The molecular formula is C39H49N5O3. The Kier molecular flexibility index (Phi) is 12.6. The van der Waals surface area contributed by atoms with Crippen molar-refractivity contribution in [1.82, 2.24) is 14.5 Å². The minimum Gasteiger partial charge on any atom is -0.481 e. The van der Waals surface area contributed by atoms with E-state index in [4.69, 9.17) is 4.74 Å². The number of ether oxygens (including phenoxy) is 1. The molecule has 47 heavy (non-hydrogen) atoms. The van der Waals surface area contributed by atoms with Crippen LogP contribution in [0.4, 0.5) is 16.2 Å². The molecule has 4 aromatic rings. The fraction of sp³-hybridized carbons (Fsp3) is 0.410. The second-order valence-electron chi connectivity index (χ2n) is 12.3. The summed E-state index contributed by atoms with van der Waals surface area (Å²) in [4.78, 5) is 35.0. The number of rotatable bonds is 13. The second kappa shape index (κ2) is 16.8. The molecule has 0 aliphatic carbocycles. The average molecular weight is 636 g/mol. The molecule has 0 aliphatic heterocycles. The van der Waals surface area contributed by atoms with E-state index in [0.29, 0.717) is 30.0 Å². The molecule has 0 spiro atoms. The number of hydrogen-bond acceptors (Lipinski definition) is 5. The standard InChI is InChI=1S/C39H49N5O3/c1-8-11-24-44-37-33(21-16-22-40-37)34(29-17-14-18-30(26-29)47-25-13-12-23-43(9-2)10-3)36(38(44)45)42-39(46)41-35-31(27(4)5)19-15-20-32(35)28(6)7/h14-22,26-28H,8-11,23-25H2,1-7H3,(H2,41,42,46). The molecule has 0 radical (unpaired) electrons. The summed E-state index contributed by atoms with van der Waals surface area (Å²) in [6.07, 6.45) is 3.40. The summed E-state index contributed by atoms with van der Waals surface area (Å²) in [7, 11) is 0. The number of carbonyl (C=O) groups is 1. The SMILES string of the molecule is CCCCn1c(=O)c(NC(=O)Nc2c(C(C)C)cccc2C(C)C)c(-c2cccc(OCC#CCN(CC)CC)c2)c2cccnc21. The van der Waals surface area contributed by atoms with Crippen LogP contribution in [0.25, 0.3) is 22.2 Å². The van der Waals surface area contributed by atoms with Crippen molar-refractivity contribution in [2.45, 2.75) is 79.7 Å². The van der Waals surface area contributed by atoms with Gasteiger partial charge in [-0.1, -0.05) is 97.1 Å². The monoisotopic (exact) mass is 635 g/mol. The zero-order valence-corrected chi connectivity index (χ0v) is 28.9. The van der Waals surface area contributed by atoms with Gasteiger partial charge >= 0.3 is 6.03 Å². The number of aryl methyl sites for hydroxylation is 1. The smallest absolute Gasteiger partial charge is 0.323 e. The van der Waals surface area contributed by atoms with Crippen LogP contribution in [0.2, 0.25) is 0 Å². The quantitative estimate of drug-likeness (QED) is 0.144. The Bertz CT molecular complexity index is 1770. The Balaban J connectivity index is 1.78. The Labute approximate surface area is 279 Å². The molecular weight excluding hydrogens is 586 g/mol. The molecule has 4 rings (SSSR count). The molecule has 2 amide bonds. The summed E-state index contributed by atoms with van der Waals surface area (Å²) >= 11 is 0. The number of nitrogens with one attached hydrogen (secondary N) is 2. The zero-order chi connectivity index (χ0) is 33.9. The van der Waals surface area contributed by atoms with E-state index in [-0.39, 0.29) is 29.7 Å². The van der Waals surface area contributed by atoms with Gasteiger partial charge in [-0.25, -0.2) is 9.78 Å². The predicted molar refractivity (Wildman–Crippen MR) is 195 cm³/mol. The van der Waals surface area contributed by atoms with Crippen molar-refractivity contribution in [1.29, 1.82) is 0 Å². The van der Waals surface area contributed by atoms with Gasteiger partial charge in [0.1, 0.15) is 23.7 Å². The Morgan fingerprint density at radius 2 is 1.60 bits per heavy atom. The van der Waals surface area contributed by atoms with Crippen LogP contribution in [-0.2, 0) is 6.54 Å². The van der Waals surface area contributed by atoms with Crippen LogP contribution in [0.5, 0.6) is 5.75 Å². The van der Waals surface area contributed by atoms with Gasteiger partial charge in [0, 0.05) is 29.4 Å². The van der Waals surface area contributed by atoms with Gasteiger partial charge in [0.2, 0.25) is 0 Å². The normalized spacial score (nSPS) is 11.2. The van der Waals surface area contributed by atoms with E-state index < -0.39 is 6.03 Å². The highest BCUT2D eigenvalue weighted by Crippen LogP contribution is 2.36. The van der Waals surface area contributed by atoms with Crippen LogP contribution in [0.15, 0.2) is 65.6 Å². The van der Waals surface area contributed by atoms with Gasteiger partial charge in [-0.05, 0) is 72.3 Å². The number of para-hydroxylation sites is 1. The van der Waals surface area contributed by atoms with E-state index in [1.807, 2.05) is 54.6 Å². The number of fused-ring (bicyclic) bond motifs is 1. The minimum absolute atomic E-state index is 0.197. The van der Waals surface area contributed by atoms with Crippen molar-refractivity contribution in [2.24, 2.45) is 0 Å². The first-order chi connectivity index (χ1) is 22.7. The molecule has 248 valence electrons. The lowest BCUT2D eigenvalue weighted by molar-refractivity contribution is 0.262. The number of pyridine rings is 2. The van der Waals surface area contributed by atoms with Crippen LogP contribution in [-0.4, -0.2) is 46.7 Å². The third-order valence-corrected chi connectivity index (χ3v) is 8.36. The van der Waals surface area contributed by atoms with Crippen molar-refractivity contribution in [3.63, 3.8) is 0 Å². The van der Waals surface area contributed by atoms with Gasteiger partial charge in [-0.2, -0.15) is 0 Å². The number of aromatic nitrogens is 2. The van der Waals surface area contributed by atoms with Crippen LogP contribution in [0.1, 0.15) is 84.3 Å². The highest BCUT2D eigenvalue weighted by molar-refractivity contribution is 6.07. The lowest BCUT2D eigenvalue weighted by atomic mass is 9.93. The molecule has 0 atom stereocenters. The van der Waals surface area contributed by atoms with E-state index in [9.17, 15) is 9.59 Å². The second-order valence-corrected chi connectivity index (χ2v) is 12.3. The van der Waals surface area contributed by atoms with Gasteiger partial charge < -0.3 is 15.4 Å². The summed E-state index contributed by atoms with van der Waals surface area (Å²) < 4.78 is 7.69. The van der Waals surface area contributed by atoms with Crippen molar-refractivity contribution >= 4 is 28.4 Å². The first kappa shape index (κ1) is 35.2. The van der Waals surface area contributed by atoms with Crippen LogP contribution in [0, 0.1) is 11.8 Å². The molecule has 0 saturated heterocycles. The van der Waals surface area contributed by atoms with Crippen LogP contribution >= 0.6 is 0 Å². The summed E-state index contributed by atoms with van der Waals surface area (Å²) in [5, 5.41) is 6.87. The number of anilines is 2. The molecule has 2 aromatic heterocycles. The van der Waals surface area contributed by atoms with E-state index in [1.165, 1.54) is 0 Å². The Morgan fingerprint density at radius 1 is 0.915 bits per heavy atom. The minimum atomic E-state index is -0.473. The molecule has 2 N–H and O–H groups in total. The molecule has 0 fully saturated rings. The van der Waals surface area contributed by atoms with Gasteiger partial charge in [0.15, 0.2) is 0 Å². The van der Waals surface area contributed by atoms with Crippen molar-refractivity contribution in [3.05, 3.63) is 82.3 Å². The summed E-state index contributed by atoms with van der Waals surface area (Å²) in [6, 6.07) is 17.0. The Morgan fingerprint density at radius 3 is 2.26 bits per heavy atom. The largest absolute Gasteiger partial charge is 0.481 e. The molecule has 8 heteroatoms. The van der Waals surface area contributed by atoms with E-state index in [0.717, 1.165) is 53.7 Å². The number of unbranched alkanes of at least 4 members (excludes halogenated alkanes) is 1. The highest BCUT2D eigenvalue weighted by Gasteiger charge is 2.23. The number of amides is 2. The average Bonchev–Trinajstić information content (AvgIpc) is 3.06. The maximum Gasteiger partial charge on any atom is 0.323 e. The maximum absolute atomic E-state index is 14.3. The molecule has 2 aromatic carbocycles. The molecule has 8 nitrogen and oxygen atoms in total. The topological polar surface area (TPSA) is 88.5 Å². The third-order valence-electron chi connectivity index (χ3n) is 8.36. The van der Waals surface area contributed by atoms with E-state index in [1.54, 1.807) is 10.8 Å². The van der Waals surface area contributed by atoms with Crippen LogP contribution < -0.4 is 20.9 Å². The molecule has 0 unspecified atom stereocenters. The summed E-state index contributed by atoms with van der Waals surface area (Å²) in [5.41, 5.74) is 4.67. The first-order valence-corrected chi connectivity index (χ1v) is 16.8. The Hall–Kier alpha value is -4.61. The zero-order valence-electron chi connectivity index (χ0n) is 28.9. The van der Waals surface area contributed by atoms with Gasteiger partial charge in [-0.15, -0.1) is 0 Å². The fourth-order valence-electron chi connectivity index (χ4n) is 5.70. The van der Waals surface area contributed by atoms with Crippen molar-refractivity contribution in [3.8, 4) is 28.7 Å². The van der Waals surface area contributed by atoms with E-state index >= 15 is 0 Å². The number of hydrogen-bond donors (Lipinski definition) is 2. The lowest BCUT2D eigenvalue weighted by Crippen LogP contribution is -2.30. The van der Waals surface area contributed by atoms with Crippen molar-refractivity contribution in [2.75, 3.05) is 36.9 Å². The number of urea groups is 1. The van der Waals surface area contributed by atoms with Gasteiger partial charge in [0.05, 0.1) is 6.54 Å². The van der Waals surface area contributed by atoms with Crippen molar-refractivity contribution < 1.29 is 9.53 Å². The molecule has 0 bridgehead atoms. The van der Waals surface area contributed by atoms with Gasteiger partial charge in [0.25, 0.3) is 5.56 Å². The number of benzene rings is 2. The predicted octanol–water partition coefficient (Wildman–Crippen LogP) is 8.48. The summed E-state index contributed by atoms with van der Waals surface area (Å²) in [6.45, 7) is 18.1. The van der Waals surface area contributed by atoms with Gasteiger partial charge in [-0.3, -0.25) is 14.3 Å². The van der Waals surface area contributed by atoms with Crippen LogP contribution in [0.3, 0.4) is 0 Å².